The number of benzene rings is 8. The van der Waals surface area contributed by atoms with Crippen LogP contribution in [0.5, 0.6) is 0 Å². The molecule has 0 nitrogen and oxygen atoms in total. The SMILES string of the molecule is C=C(/C=C\c1ccc(-c2cc3c4c(cccc4c2)-c2c-3c(-c3ccccc3)c3ccccc3c2-c2ccccc2)cc1C)c1ccccc1. The van der Waals surface area contributed by atoms with Crippen molar-refractivity contribution in [2.24, 2.45) is 0 Å². The number of allylic oxidation sites excluding steroid dienone is 2. The normalized spacial score (nSPS) is 11.8. The van der Waals surface area contributed by atoms with Crippen LogP contribution in [-0.4, -0.2) is 0 Å². The Morgan fingerprint density at radius 3 is 1.69 bits per heavy atom. The second kappa shape index (κ2) is 11.8. The molecule has 0 radical (unpaired) electrons. The van der Waals surface area contributed by atoms with Crippen molar-refractivity contribution in [1.29, 1.82) is 0 Å². The predicted molar refractivity (Wildman–Crippen MR) is 211 cm³/mol. The highest BCUT2D eigenvalue weighted by atomic mass is 14.3. The molecule has 0 unspecified atom stereocenters. The third-order valence-corrected chi connectivity index (χ3v) is 10.1. The topological polar surface area (TPSA) is 0 Å². The van der Waals surface area contributed by atoms with Gasteiger partial charge in [-0.1, -0.05) is 170 Å². The second-order valence-electron chi connectivity index (χ2n) is 13.0. The summed E-state index contributed by atoms with van der Waals surface area (Å²) in [4.78, 5) is 0. The van der Waals surface area contributed by atoms with Gasteiger partial charge in [0.1, 0.15) is 0 Å². The molecule has 8 aromatic rings. The van der Waals surface area contributed by atoms with Gasteiger partial charge in [-0.25, -0.2) is 0 Å². The van der Waals surface area contributed by atoms with E-state index in [4.69, 9.17) is 0 Å². The Labute approximate surface area is 288 Å². The van der Waals surface area contributed by atoms with Gasteiger partial charge in [-0.15, -0.1) is 0 Å². The molecule has 0 fully saturated rings. The van der Waals surface area contributed by atoms with Crippen molar-refractivity contribution in [3.63, 3.8) is 0 Å². The summed E-state index contributed by atoms with van der Waals surface area (Å²) < 4.78 is 0. The molecule has 0 spiro atoms. The number of fused-ring (bicyclic) bond motifs is 4. The zero-order chi connectivity index (χ0) is 32.9. The molecule has 0 aliphatic heterocycles. The lowest BCUT2D eigenvalue weighted by molar-refractivity contribution is 1.44. The van der Waals surface area contributed by atoms with E-state index in [0.29, 0.717) is 0 Å². The largest absolute Gasteiger partial charge is 0.0912 e. The van der Waals surface area contributed by atoms with Crippen LogP contribution in [-0.2, 0) is 0 Å². The molecule has 1 aliphatic rings. The van der Waals surface area contributed by atoms with Gasteiger partial charge in [0.25, 0.3) is 0 Å². The Morgan fingerprint density at radius 1 is 0.469 bits per heavy atom. The van der Waals surface area contributed by atoms with Gasteiger partial charge in [0.2, 0.25) is 0 Å². The Bertz CT molecular complexity index is 2590. The molecule has 0 heteroatoms. The maximum Gasteiger partial charge on any atom is -0.000720 e. The van der Waals surface area contributed by atoms with E-state index in [9.17, 15) is 0 Å². The zero-order valence-electron chi connectivity index (χ0n) is 27.5. The van der Waals surface area contributed by atoms with Crippen LogP contribution in [0.2, 0.25) is 0 Å². The highest BCUT2D eigenvalue weighted by Crippen LogP contribution is 2.58. The van der Waals surface area contributed by atoms with Crippen LogP contribution < -0.4 is 0 Å². The molecule has 49 heavy (non-hydrogen) atoms. The Kier molecular flexibility index (Phi) is 6.95. The van der Waals surface area contributed by atoms with Crippen molar-refractivity contribution in [2.75, 3.05) is 0 Å². The number of rotatable bonds is 6. The Morgan fingerprint density at radius 2 is 1.06 bits per heavy atom. The smallest absolute Gasteiger partial charge is 0.000720 e. The second-order valence-corrected chi connectivity index (χ2v) is 13.0. The van der Waals surface area contributed by atoms with Gasteiger partial charge in [-0.05, 0) is 118 Å². The van der Waals surface area contributed by atoms with E-state index < -0.39 is 0 Å². The predicted octanol–water partition coefficient (Wildman–Crippen LogP) is 13.7. The number of aryl methyl sites for hydroxylation is 1. The third kappa shape index (κ3) is 4.84. The summed E-state index contributed by atoms with van der Waals surface area (Å²) in [6.07, 6.45) is 4.30. The van der Waals surface area contributed by atoms with Gasteiger partial charge < -0.3 is 0 Å². The van der Waals surface area contributed by atoms with Gasteiger partial charge in [0, 0.05) is 0 Å². The van der Waals surface area contributed by atoms with Crippen molar-refractivity contribution in [2.45, 2.75) is 6.92 Å². The van der Waals surface area contributed by atoms with Gasteiger partial charge in [0.15, 0.2) is 0 Å². The summed E-state index contributed by atoms with van der Waals surface area (Å²) in [6.45, 7) is 6.49. The minimum Gasteiger partial charge on any atom is -0.0912 e. The van der Waals surface area contributed by atoms with Crippen LogP contribution in [0.1, 0.15) is 16.7 Å². The molecular formula is C49H34. The van der Waals surface area contributed by atoms with Crippen molar-refractivity contribution >= 4 is 33.2 Å². The van der Waals surface area contributed by atoms with E-state index in [0.717, 1.165) is 11.1 Å². The fourth-order valence-corrected chi connectivity index (χ4v) is 7.77. The van der Waals surface area contributed by atoms with Gasteiger partial charge >= 0.3 is 0 Å². The van der Waals surface area contributed by atoms with E-state index >= 15 is 0 Å². The monoisotopic (exact) mass is 622 g/mol. The Hall–Kier alpha value is -6.24. The zero-order valence-corrected chi connectivity index (χ0v) is 27.5. The third-order valence-electron chi connectivity index (χ3n) is 10.1. The fourth-order valence-electron chi connectivity index (χ4n) is 7.77. The van der Waals surface area contributed by atoms with E-state index in [1.165, 1.54) is 88.3 Å². The van der Waals surface area contributed by atoms with Crippen molar-refractivity contribution in [3.8, 4) is 55.6 Å². The quantitative estimate of drug-likeness (QED) is 0.162. The van der Waals surface area contributed by atoms with E-state index in [-0.39, 0.29) is 0 Å². The molecule has 0 amide bonds. The van der Waals surface area contributed by atoms with E-state index in [1.54, 1.807) is 0 Å². The molecule has 0 heterocycles. The minimum absolute atomic E-state index is 1.01. The maximum atomic E-state index is 4.29. The summed E-state index contributed by atoms with van der Waals surface area (Å²) in [5.74, 6) is 0. The highest BCUT2D eigenvalue weighted by Gasteiger charge is 2.30. The van der Waals surface area contributed by atoms with Crippen LogP contribution in [0.3, 0.4) is 0 Å². The number of hydrogen-bond donors (Lipinski definition) is 0. The molecule has 8 aromatic carbocycles. The molecule has 0 saturated heterocycles. The summed E-state index contributed by atoms with van der Waals surface area (Å²) in [5.41, 5.74) is 17.4. The first-order valence-electron chi connectivity index (χ1n) is 17.0. The minimum atomic E-state index is 1.01. The van der Waals surface area contributed by atoms with Crippen LogP contribution >= 0.6 is 0 Å². The standard InChI is InChI=1S/C49H34/c1-32(34-15-6-3-7-16-34)25-26-35-27-28-38(29-33(35)2)40-30-39-21-14-24-43-45(39)44(31-40)49-47(37-19-10-5-11-20-37)42-23-13-12-22-41(42)46(48(43)49)36-17-8-4-9-18-36/h3-31H,1H2,2H3/b26-25-. The summed E-state index contributed by atoms with van der Waals surface area (Å²) in [7, 11) is 0. The lowest BCUT2D eigenvalue weighted by atomic mass is 9.82. The maximum absolute atomic E-state index is 4.29. The highest BCUT2D eigenvalue weighted by molar-refractivity contribution is 6.28. The summed E-state index contributed by atoms with van der Waals surface area (Å²) in [5, 5.41) is 5.16. The number of hydrogen-bond acceptors (Lipinski definition) is 0. The van der Waals surface area contributed by atoms with Crippen molar-refractivity contribution in [3.05, 3.63) is 193 Å². The molecule has 230 valence electrons. The first-order chi connectivity index (χ1) is 24.2. The molecule has 9 rings (SSSR count). The van der Waals surface area contributed by atoms with Crippen LogP contribution in [0.4, 0.5) is 0 Å². The summed E-state index contributed by atoms with van der Waals surface area (Å²) in [6, 6.07) is 59.6. The van der Waals surface area contributed by atoms with E-state index in [2.05, 4.69) is 183 Å². The lowest BCUT2D eigenvalue weighted by Crippen LogP contribution is -1.93. The van der Waals surface area contributed by atoms with Crippen molar-refractivity contribution in [1.82, 2.24) is 0 Å². The first-order valence-corrected chi connectivity index (χ1v) is 17.0. The fraction of sp³-hybridized carbons (Fsp3) is 0.0204. The molecular weight excluding hydrogens is 589 g/mol. The summed E-state index contributed by atoms with van der Waals surface area (Å²) >= 11 is 0. The molecule has 0 bridgehead atoms. The van der Waals surface area contributed by atoms with Crippen LogP contribution in [0.25, 0.3) is 88.8 Å². The van der Waals surface area contributed by atoms with Gasteiger partial charge in [-0.3, -0.25) is 0 Å². The average Bonchev–Trinajstić information content (AvgIpc) is 3.48. The molecule has 0 saturated carbocycles. The lowest BCUT2D eigenvalue weighted by Gasteiger charge is -2.20. The first kappa shape index (κ1) is 28.9. The van der Waals surface area contributed by atoms with E-state index in [1.807, 2.05) is 6.07 Å². The Balaban J connectivity index is 1.26. The molecule has 0 N–H and O–H groups in total. The molecule has 1 aliphatic carbocycles. The van der Waals surface area contributed by atoms with Gasteiger partial charge in [-0.2, -0.15) is 0 Å². The van der Waals surface area contributed by atoms with Crippen molar-refractivity contribution < 1.29 is 0 Å². The molecule has 0 atom stereocenters. The van der Waals surface area contributed by atoms with Gasteiger partial charge in [0.05, 0.1) is 0 Å². The molecule has 0 aromatic heterocycles. The van der Waals surface area contributed by atoms with Crippen LogP contribution in [0, 0.1) is 6.92 Å². The van der Waals surface area contributed by atoms with Crippen LogP contribution in [0.15, 0.2) is 176 Å². The average molecular weight is 623 g/mol.